The van der Waals surface area contributed by atoms with Gasteiger partial charge in [0.25, 0.3) is 0 Å². The Kier molecular flexibility index (Phi) is 2.84. The summed E-state index contributed by atoms with van der Waals surface area (Å²) < 4.78 is 0. The molecule has 0 bridgehead atoms. The average Bonchev–Trinajstić information content (AvgIpc) is 2.63. The van der Waals surface area contributed by atoms with Gasteiger partial charge in [-0.05, 0) is 48.6 Å². The minimum atomic E-state index is -0.530. The molecule has 3 heteroatoms. The van der Waals surface area contributed by atoms with Crippen LogP contribution < -0.4 is 0 Å². The van der Waals surface area contributed by atoms with Gasteiger partial charge in [0.15, 0.2) is 0 Å². The fourth-order valence-corrected chi connectivity index (χ4v) is 2.33. The van der Waals surface area contributed by atoms with Crippen LogP contribution in [0.25, 0.3) is 0 Å². The van der Waals surface area contributed by atoms with E-state index in [1.807, 2.05) is 37.4 Å². The summed E-state index contributed by atoms with van der Waals surface area (Å²) >= 11 is 1.66. The standard InChI is InChI=1S/C12H13NOS/c1-8-7-10(3-5-13-8)12(14)11-4-6-15-9(11)2/h3-7,12,14H,1-2H3. The summed E-state index contributed by atoms with van der Waals surface area (Å²) in [5.41, 5.74) is 2.83. The largest absolute Gasteiger partial charge is 0.384 e. The summed E-state index contributed by atoms with van der Waals surface area (Å²) in [5.74, 6) is 0. The molecule has 0 saturated heterocycles. The van der Waals surface area contributed by atoms with Gasteiger partial charge in [0.1, 0.15) is 6.10 Å². The quantitative estimate of drug-likeness (QED) is 0.842. The molecule has 0 amide bonds. The van der Waals surface area contributed by atoms with Crippen LogP contribution in [0, 0.1) is 13.8 Å². The SMILES string of the molecule is Cc1cc(C(O)c2ccsc2C)ccn1. The van der Waals surface area contributed by atoms with E-state index in [9.17, 15) is 5.11 Å². The van der Waals surface area contributed by atoms with E-state index in [0.29, 0.717) is 0 Å². The molecule has 2 rings (SSSR count). The van der Waals surface area contributed by atoms with Crippen molar-refractivity contribution in [2.24, 2.45) is 0 Å². The number of aryl methyl sites for hydroxylation is 2. The van der Waals surface area contributed by atoms with Crippen molar-refractivity contribution >= 4 is 11.3 Å². The van der Waals surface area contributed by atoms with Gasteiger partial charge >= 0.3 is 0 Å². The zero-order valence-electron chi connectivity index (χ0n) is 8.77. The molecule has 2 nitrogen and oxygen atoms in total. The molecule has 0 saturated carbocycles. The molecule has 1 atom stereocenters. The van der Waals surface area contributed by atoms with Gasteiger partial charge in [0, 0.05) is 16.8 Å². The van der Waals surface area contributed by atoms with Crippen molar-refractivity contribution < 1.29 is 5.11 Å². The summed E-state index contributed by atoms with van der Waals surface area (Å²) in [4.78, 5) is 5.28. The Balaban J connectivity index is 2.36. The van der Waals surface area contributed by atoms with Gasteiger partial charge in [-0.2, -0.15) is 0 Å². The number of pyridine rings is 1. The molecule has 78 valence electrons. The first kappa shape index (κ1) is 10.3. The molecule has 2 heterocycles. The highest BCUT2D eigenvalue weighted by molar-refractivity contribution is 7.10. The second-order valence-corrected chi connectivity index (χ2v) is 4.69. The van der Waals surface area contributed by atoms with Crippen LogP contribution in [-0.2, 0) is 0 Å². The first-order chi connectivity index (χ1) is 7.18. The number of hydrogen-bond donors (Lipinski definition) is 1. The van der Waals surface area contributed by atoms with E-state index in [4.69, 9.17) is 0 Å². The number of nitrogens with zero attached hydrogens (tertiary/aromatic N) is 1. The molecule has 15 heavy (non-hydrogen) atoms. The fraction of sp³-hybridized carbons (Fsp3) is 0.250. The smallest absolute Gasteiger partial charge is 0.105 e. The van der Waals surface area contributed by atoms with Gasteiger partial charge in [-0.3, -0.25) is 4.98 Å². The van der Waals surface area contributed by atoms with Crippen LogP contribution in [0.4, 0.5) is 0 Å². The monoisotopic (exact) mass is 219 g/mol. The lowest BCUT2D eigenvalue weighted by atomic mass is 10.0. The number of thiophene rings is 1. The second kappa shape index (κ2) is 4.13. The molecule has 2 aromatic heterocycles. The molecule has 0 aliphatic carbocycles. The van der Waals surface area contributed by atoms with Crippen LogP contribution in [0.1, 0.15) is 27.8 Å². The minimum absolute atomic E-state index is 0.530. The van der Waals surface area contributed by atoms with Gasteiger partial charge in [0.05, 0.1) is 0 Å². The van der Waals surface area contributed by atoms with Crippen molar-refractivity contribution in [3.63, 3.8) is 0 Å². The molecular weight excluding hydrogens is 206 g/mol. The summed E-state index contributed by atoms with van der Waals surface area (Å²) in [6.07, 6.45) is 1.20. The third kappa shape index (κ3) is 2.08. The van der Waals surface area contributed by atoms with Crippen LogP contribution in [0.2, 0.25) is 0 Å². The topological polar surface area (TPSA) is 33.1 Å². The van der Waals surface area contributed by atoms with Crippen molar-refractivity contribution in [3.8, 4) is 0 Å². The van der Waals surface area contributed by atoms with E-state index in [-0.39, 0.29) is 0 Å². The van der Waals surface area contributed by atoms with E-state index >= 15 is 0 Å². The molecule has 0 aliphatic heterocycles. The molecule has 0 radical (unpaired) electrons. The Morgan fingerprint density at radius 3 is 2.73 bits per heavy atom. The van der Waals surface area contributed by atoms with Gasteiger partial charge in [-0.1, -0.05) is 0 Å². The zero-order valence-corrected chi connectivity index (χ0v) is 9.58. The van der Waals surface area contributed by atoms with Crippen molar-refractivity contribution in [1.82, 2.24) is 4.98 Å². The third-order valence-corrected chi connectivity index (χ3v) is 3.29. The van der Waals surface area contributed by atoms with Crippen molar-refractivity contribution in [3.05, 3.63) is 51.5 Å². The van der Waals surface area contributed by atoms with Crippen molar-refractivity contribution in [1.29, 1.82) is 0 Å². The molecule has 0 aliphatic rings. The Hall–Kier alpha value is -1.19. The number of aromatic nitrogens is 1. The first-order valence-corrected chi connectivity index (χ1v) is 5.71. The third-order valence-electron chi connectivity index (χ3n) is 2.43. The molecule has 0 fully saturated rings. The average molecular weight is 219 g/mol. The lowest BCUT2D eigenvalue weighted by molar-refractivity contribution is 0.220. The number of aliphatic hydroxyl groups is 1. The van der Waals surface area contributed by atoms with Crippen LogP contribution in [0.3, 0.4) is 0 Å². The number of rotatable bonds is 2. The lowest BCUT2D eigenvalue weighted by Crippen LogP contribution is -2.00. The van der Waals surface area contributed by atoms with E-state index in [1.54, 1.807) is 17.5 Å². The lowest BCUT2D eigenvalue weighted by Gasteiger charge is -2.11. The molecule has 1 unspecified atom stereocenters. The van der Waals surface area contributed by atoms with Crippen molar-refractivity contribution in [2.75, 3.05) is 0 Å². The van der Waals surface area contributed by atoms with E-state index in [1.165, 1.54) is 0 Å². The van der Waals surface area contributed by atoms with Crippen LogP contribution in [0.15, 0.2) is 29.8 Å². The van der Waals surface area contributed by atoms with Crippen LogP contribution in [-0.4, -0.2) is 10.1 Å². The predicted molar refractivity (Wildman–Crippen MR) is 62.1 cm³/mol. The van der Waals surface area contributed by atoms with Crippen molar-refractivity contribution in [2.45, 2.75) is 20.0 Å². The maximum absolute atomic E-state index is 10.2. The summed E-state index contributed by atoms with van der Waals surface area (Å²) in [5, 5.41) is 12.2. The van der Waals surface area contributed by atoms with E-state index in [0.717, 1.165) is 21.7 Å². The summed E-state index contributed by atoms with van der Waals surface area (Å²) in [7, 11) is 0. The maximum Gasteiger partial charge on any atom is 0.105 e. The predicted octanol–water partition coefficient (Wildman–Crippen LogP) is 2.84. The second-order valence-electron chi connectivity index (χ2n) is 3.57. The van der Waals surface area contributed by atoms with Gasteiger partial charge in [-0.15, -0.1) is 11.3 Å². The Morgan fingerprint density at radius 2 is 2.13 bits per heavy atom. The summed E-state index contributed by atoms with van der Waals surface area (Å²) in [6, 6.07) is 5.75. The van der Waals surface area contributed by atoms with Gasteiger partial charge in [0.2, 0.25) is 0 Å². The number of hydrogen-bond acceptors (Lipinski definition) is 3. The summed E-state index contributed by atoms with van der Waals surface area (Å²) in [6.45, 7) is 3.95. The molecule has 0 aromatic carbocycles. The highest BCUT2D eigenvalue weighted by Gasteiger charge is 2.13. The maximum atomic E-state index is 10.2. The van der Waals surface area contributed by atoms with Crippen LogP contribution >= 0.6 is 11.3 Å². The first-order valence-electron chi connectivity index (χ1n) is 4.83. The minimum Gasteiger partial charge on any atom is -0.384 e. The Morgan fingerprint density at radius 1 is 1.33 bits per heavy atom. The van der Waals surface area contributed by atoms with E-state index < -0.39 is 6.10 Å². The molecule has 0 spiro atoms. The highest BCUT2D eigenvalue weighted by Crippen LogP contribution is 2.27. The zero-order chi connectivity index (χ0) is 10.8. The Labute approximate surface area is 93.2 Å². The van der Waals surface area contributed by atoms with Gasteiger partial charge < -0.3 is 5.11 Å². The fourth-order valence-electron chi connectivity index (χ4n) is 1.60. The van der Waals surface area contributed by atoms with Crippen LogP contribution in [0.5, 0.6) is 0 Å². The normalized spacial score (nSPS) is 12.7. The highest BCUT2D eigenvalue weighted by atomic mass is 32.1. The molecular formula is C12H13NOS. The molecule has 2 aromatic rings. The Bertz CT molecular complexity index is 464. The molecule has 1 N–H and O–H groups in total. The van der Waals surface area contributed by atoms with Gasteiger partial charge in [-0.25, -0.2) is 0 Å². The van der Waals surface area contributed by atoms with E-state index in [2.05, 4.69) is 4.98 Å². The number of aliphatic hydroxyl groups excluding tert-OH is 1.